The number of hydrogen-bond donors (Lipinski definition) is 3. The van der Waals surface area contributed by atoms with Gasteiger partial charge in [0, 0.05) is 24.9 Å². The second kappa shape index (κ2) is 7.03. The molecule has 0 aliphatic carbocycles. The fourth-order valence-corrected chi connectivity index (χ4v) is 2.13. The Morgan fingerprint density at radius 2 is 2.18 bits per heavy atom. The third kappa shape index (κ3) is 4.97. The summed E-state index contributed by atoms with van der Waals surface area (Å²) >= 11 is 1.55. The molecule has 17 heavy (non-hydrogen) atoms. The van der Waals surface area contributed by atoms with E-state index in [9.17, 15) is 9.59 Å². The molecule has 1 aromatic rings. The first-order valence-electron chi connectivity index (χ1n) is 5.44. The number of amides is 2. The maximum Gasteiger partial charge on any atom is 0.233 e. The summed E-state index contributed by atoms with van der Waals surface area (Å²) < 4.78 is 0. The average molecular weight is 255 g/mol. The zero-order valence-corrected chi connectivity index (χ0v) is 10.8. The van der Waals surface area contributed by atoms with Crippen LogP contribution in [0.3, 0.4) is 0 Å². The normalized spacial score (nSPS) is 10.0. The van der Waals surface area contributed by atoms with Crippen LogP contribution in [0.2, 0.25) is 0 Å². The number of carbonyl (C=O) groups excluding carboxylic acids is 2. The lowest BCUT2D eigenvalue weighted by Crippen LogP contribution is -2.33. The summed E-state index contributed by atoms with van der Waals surface area (Å²) in [6, 6.07) is 1.86. The highest BCUT2D eigenvalue weighted by Crippen LogP contribution is 2.21. The minimum absolute atomic E-state index is 0.0230. The molecule has 3 N–H and O–H groups in total. The minimum Gasteiger partial charge on any atom is -0.355 e. The molecule has 94 valence electrons. The van der Waals surface area contributed by atoms with E-state index in [0.29, 0.717) is 13.1 Å². The molecule has 1 heterocycles. The van der Waals surface area contributed by atoms with Gasteiger partial charge >= 0.3 is 0 Å². The van der Waals surface area contributed by atoms with Gasteiger partial charge < -0.3 is 16.0 Å². The van der Waals surface area contributed by atoms with Crippen LogP contribution in [0.15, 0.2) is 11.4 Å². The van der Waals surface area contributed by atoms with Crippen LogP contribution in [0.1, 0.15) is 18.7 Å². The number of carbonyl (C=O) groups is 2. The molecule has 0 saturated carbocycles. The minimum atomic E-state index is -0.0895. The van der Waals surface area contributed by atoms with Crippen molar-refractivity contribution in [3.05, 3.63) is 16.3 Å². The van der Waals surface area contributed by atoms with Crippen molar-refractivity contribution < 1.29 is 9.59 Å². The highest BCUT2D eigenvalue weighted by atomic mass is 32.1. The molecule has 0 aromatic carbocycles. The summed E-state index contributed by atoms with van der Waals surface area (Å²) in [5.41, 5.74) is 0.811. The second-order valence-electron chi connectivity index (χ2n) is 3.50. The molecule has 1 aromatic heterocycles. The van der Waals surface area contributed by atoms with E-state index in [4.69, 9.17) is 0 Å². The third-order valence-electron chi connectivity index (χ3n) is 2.00. The van der Waals surface area contributed by atoms with Crippen LogP contribution in [-0.2, 0) is 16.1 Å². The van der Waals surface area contributed by atoms with Gasteiger partial charge in [-0.3, -0.25) is 9.59 Å². The molecule has 6 heteroatoms. The molecule has 1 rings (SSSR count). The molecule has 0 aliphatic rings. The van der Waals surface area contributed by atoms with Crippen molar-refractivity contribution in [2.45, 2.75) is 20.4 Å². The van der Waals surface area contributed by atoms with Crippen LogP contribution >= 0.6 is 11.3 Å². The van der Waals surface area contributed by atoms with Crippen LogP contribution in [-0.4, -0.2) is 24.9 Å². The molecule has 2 amide bonds. The maximum atomic E-state index is 11.2. The highest BCUT2D eigenvalue weighted by Gasteiger charge is 2.06. The Bertz CT molecular complexity index is 390. The van der Waals surface area contributed by atoms with E-state index in [-0.39, 0.29) is 18.4 Å². The summed E-state index contributed by atoms with van der Waals surface area (Å²) in [6.07, 6.45) is 0. The van der Waals surface area contributed by atoms with E-state index in [2.05, 4.69) is 16.0 Å². The van der Waals surface area contributed by atoms with Gasteiger partial charge in [0.15, 0.2) is 0 Å². The highest BCUT2D eigenvalue weighted by molar-refractivity contribution is 7.10. The van der Waals surface area contributed by atoms with E-state index in [1.807, 2.05) is 18.4 Å². The van der Waals surface area contributed by atoms with Crippen molar-refractivity contribution in [3.8, 4) is 0 Å². The van der Waals surface area contributed by atoms with Gasteiger partial charge in [0.25, 0.3) is 0 Å². The number of thiophene rings is 1. The molecule has 0 fully saturated rings. The standard InChI is InChI=1S/C11H17N3O2S/c1-3-13-11(16)7-12-6-10-9(4-5-17-10)14-8(2)15/h4-5,12H,3,6-7H2,1-2H3,(H,13,16)(H,14,15). The number of likely N-dealkylation sites (N-methyl/N-ethyl adjacent to an activating group) is 1. The van der Waals surface area contributed by atoms with Gasteiger partial charge in [0.2, 0.25) is 11.8 Å². The molecule has 5 nitrogen and oxygen atoms in total. The predicted molar refractivity (Wildman–Crippen MR) is 69.0 cm³/mol. The zero-order chi connectivity index (χ0) is 12.7. The van der Waals surface area contributed by atoms with Gasteiger partial charge in [-0.1, -0.05) is 0 Å². The predicted octanol–water partition coefficient (Wildman–Crippen LogP) is 0.932. The Kier molecular flexibility index (Phi) is 5.65. The van der Waals surface area contributed by atoms with Gasteiger partial charge in [-0.25, -0.2) is 0 Å². The molecule has 0 saturated heterocycles. The molecular weight excluding hydrogens is 238 g/mol. The molecule has 0 atom stereocenters. The van der Waals surface area contributed by atoms with Gasteiger partial charge in [-0.2, -0.15) is 0 Å². The second-order valence-corrected chi connectivity index (χ2v) is 4.50. The Morgan fingerprint density at radius 1 is 1.41 bits per heavy atom. The fourth-order valence-electron chi connectivity index (χ4n) is 1.33. The largest absolute Gasteiger partial charge is 0.355 e. The molecular formula is C11H17N3O2S. The van der Waals surface area contributed by atoms with Crippen LogP contribution < -0.4 is 16.0 Å². The van der Waals surface area contributed by atoms with Gasteiger partial charge in [0.1, 0.15) is 0 Å². The molecule has 0 unspecified atom stereocenters. The lowest BCUT2D eigenvalue weighted by Gasteiger charge is -2.06. The smallest absolute Gasteiger partial charge is 0.233 e. The summed E-state index contributed by atoms with van der Waals surface area (Å²) in [5.74, 6) is -0.112. The first-order valence-corrected chi connectivity index (χ1v) is 6.32. The van der Waals surface area contributed by atoms with Crippen molar-refractivity contribution in [2.24, 2.45) is 0 Å². The lowest BCUT2D eigenvalue weighted by atomic mass is 10.3. The van der Waals surface area contributed by atoms with Gasteiger partial charge in [-0.05, 0) is 18.4 Å². The molecule has 0 aliphatic heterocycles. The number of hydrogen-bond acceptors (Lipinski definition) is 4. The van der Waals surface area contributed by atoms with Crippen molar-refractivity contribution >= 4 is 28.8 Å². The quantitative estimate of drug-likeness (QED) is 0.708. The average Bonchev–Trinajstić information content (AvgIpc) is 2.65. The maximum absolute atomic E-state index is 11.2. The van der Waals surface area contributed by atoms with Crippen molar-refractivity contribution in [2.75, 3.05) is 18.4 Å². The summed E-state index contributed by atoms with van der Waals surface area (Å²) in [7, 11) is 0. The Balaban J connectivity index is 2.38. The summed E-state index contributed by atoms with van der Waals surface area (Å²) in [6.45, 7) is 4.85. The Labute approximate surface area is 105 Å². The fraction of sp³-hybridized carbons (Fsp3) is 0.455. The number of nitrogens with one attached hydrogen (secondary N) is 3. The van der Waals surface area contributed by atoms with E-state index < -0.39 is 0 Å². The first-order chi connectivity index (χ1) is 8.13. The molecule has 0 bridgehead atoms. The monoisotopic (exact) mass is 255 g/mol. The van der Waals surface area contributed by atoms with Crippen LogP contribution in [0.5, 0.6) is 0 Å². The topological polar surface area (TPSA) is 70.2 Å². The summed E-state index contributed by atoms with van der Waals surface area (Å²) in [4.78, 5) is 23.2. The Morgan fingerprint density at radius 3 is 2.82 bits per heavy atom. The van der Waals surface area contributed by atoms with Crippen molar-refractivity contribution in [3.63, 3.8) is 0 Å². The van der Waals surface area contributed by atoms with E-state index in [1.54, 1.807) is 11.3 Å². The number of anilines is 1. The third-order valence-corrected chi connectivity index (χ3v) is 2.92. The van der Waals surface area contributed by atoms with Crippen LogP contribution in [0.4, 0.5) is 5.69 Å². The van der Waals surface area contributed by atoms with E-state index in [1.165, 1.54) is 6.92 Å². The summed E-state index contributed by atoms with van der Waals surface area (Å²) in [5, 5.41) is 10.4. The Hall–Kier alpha value is -1.40. The lowest BCUT2D eigenvalue weighted by molar-refractivity contribution is -0.120. The van der Waals surface area contributed by atoms with Gasteiger partial charge in [-0.15, -0.1) is 11.3 Å². The zero-order valence-electron chi connectivity index (χ0n) is 10.0. The number of rotatable bonds is 6. The van der Waals surface area contributed by atoms with Gasteiger partial charge in [0.05, 0.1) is 12.2 Å². The first kappa shape index (κ1) is 13.7. The van der Waals surface area contributed by atoms with Crippen molar-refractivity contribution in [1.82, 2.24) is 10.6 Å². The van der Waals surface area contributed by atoms with Crippen LogP contribution in [0, 0.1) is 0 Å². The van der Waals surface area contributed by atoms with E-state index >= 15 is 0 Å². The SMILES string of the molecule is CCNC(=O)CNCc1sccc1NC(C)=O. The van der Waals surface area contributed by atoms with Crippen LogP contribution in [0.25, 0.3) is 0 Å². The molecule has 0 spiro atoms. The molecule has 0 radical (unpaired) electrons. The van der Waals surface area contributed by atoms with Crippen molar-refractivity contribution in [1.29, 1.82) is 0 Å². The van der Waals surface area contributed by atoms with E-state index in [0.717, 1.165) is 10.6 Å².